The summed E-state index contributed by atoms with van der Waals surface area (Å²) in [5, 5.41) is 2.50. The number of methoxy groups -OCH3 is 1. The van der Waals surface area contributed by atoms with Crippen LogP contribution >= 0.6 is 0 Å². The van der Waals surface area contributed by atoms with Gasteiger partial charge >= 0.3 is 12.1 Å². The van der Waals surface area contributed by atoms with Crippen molar-refractivity contribution in [1.82, 2.24) is 5.32 Å². The Bertz CT molecular complexity index is 375. The van der Waals surface area contributed by atoms with Crippen LogP contribution in [-0.2, 0) is 19.0 Å². The molecule has 0 aromatic rings. The van der Waals surface area contributed by atoms with E-state index < -0.39 is 29.8 Å². The van der Waals surface area contributed by atoms with E-state index in [9.17, 15) is 9.59 Å². The van der Waals surface area contributed by atoms with Gasteiger partial charge in [0.15, 0.2) is 6.04 Å². The lowest BCUT2D eigenvalue weighted by Crippen LogP contribution is -2.51. The largest absolute Gasteiger partial charge is 0.467 e. The molecule has 0 aliphatic carbocycles. The van der Waals surface area contributed by atoms with Crippen LogP contribution in [0.5, 0.6) is 0 Å². The molecule has 0 heterocycles. The predicted octanol–water partition coefficient (Wildman–Crippen LogP) is 2.81. The van der Waals surface area contributed by atoms with Crippen LogP contribution in [0.15, 0.2) is 12.7 Å². The average Bonchev–Trinajstić information content (AvgIpc) is 2.39. The maximum atomic E-state index is 11.9. The van der Waals surface area contributed by atoms with Crippen LogP contribution < -0.4 is 5.32 Å². The molecule has 0 saturated heterocycles. The fourth-order valence-corrected chi connectivity index (χ4v) is 1.80. The number of esters is 1. The molecule has 0 aromatic heterocycles. The highest BCUT2D eigenvalue weighted by atomic mass is 16.6. The number of nitrogens with one attached hydrogen (secondary N) is 1. The Morgan fingerprint density at radius 1 is 1.27 bits per heavy atom. The maximum absolute atomic E-state index is 11.9. The van der Waals surface area contributed by atoms with Crippen LogP contribution in [0.25, 0.3) is 0 Å². The number of carbonyl (C=O) groups excluding carboxylic acids is 2. The second kappa shape index (κ2) is 9.46. The van der Waals surface area contributed by atoms with E-state index in [1.165, 1.54) is 7.11 Å². The summed E-state index contributed by atoms with van der Waals surface area (Å²) in [5.41, 5.74) is -0.647. The summed E-state index contributed by atoms with van der Waals surface area (Å²) in [6, 6.07) is -0.925. The van der Waals surface area contributed by atoms with E-state index in [2.05, 4.69) is 11.9 Å². The standard InChI is InChI=1S/C16H29NO5/c1-8-9-10-11(2)21-12(3)13(14(18)20-7)17-15(19)22-16(4,5)6/h8,11-13H,1,9-10H2,2-7H3,(H,17,19)/t11-,12+,13-/m1/s1. The number of rotatable bonds is 8. The first-order chi connectivity index (χ1) is 10.1. The molecule has 0 saturated carbocycles. The zero-order valence-electron chi connectivity index (χ0n) is 14.5. The van der Waals surface area contributed by atoms with Gasteiger partial charge in [-0.3, -0.25) is 0 Å². The van der Waals surface area contributed by atoms with E-state index in [1.54, 1.807) is 33.8 Å². The Kier molecular flexibility index (Phi) is 8.79. The average molecular weight is 315 g/mol. The van der Waals surface area contributed by atoms with Gasteiger partial charge in [-0.05, 0) is 47.5 Å². The summed E-state index contributed by atoms with van der Waals surface area (Å²) in [6.07, 6.45) is 2.11. The van der Waals surface area contributed by atoms with E-state index >= 15 is 0 Å². The number of ether oxygens (including phenoxy) is 3. The third-order valence-corrected chi connectivity index (χ3v) is 2.82. The summed E-state index contributed by atoms with van der Waals surface area (Å²) < 4.78 is 15.6. The minimum atomic E-state index is -0.925. The van der Waals surface area contributed by atoms with Gasteiger partial charge in [0.1, 0.15) is 5.60 Å². The van der Waals surface area contributed by atoms with E-state index in [-0.39, 0.29) is 6.10 Å². The Balaban J connectivity index is 4.72. The van der Waals surface area contributed by atoms with Crippen molar-refractivity contribution in [3.8, 4) is 0 Å². The van der Waals surface area contributed by atoms with Crippen molar-refractivity contribution < 1.29 is 23.8 Å². The van der Waals surface area contributed by atoms with Crippen LogP contribution in [-0.4, -0.2) is 43.0 Å². The Hall–Kier alpha value is -1.56. The molecule has 6 heteroatoms. The van der Waals surface area contributed by atoms with Crippen LogP contribution in [0.4, 0.5) is 4.79 Å². The lowest BCUT2D eigenvalue weighted by atomic mass is 10.1. The van der Waals surface area contributed by atoms with Crippen LogP contribution in [0.1, 0.15) is 47.5 Å². The van der Waals surface area contributed by atoms with Gasteiger partial charge in [-0.1, -0.05) is 6.08 Å². The lowest BCUT2D eigenvalue weighted by molar-refractivity contribution is -0.148. The second-order valence-electron chi connectivity index (χ2n) is 6.16. The molecule has 1 amide bonds. The molecular weight excluding hydrogens is 286 g/mol. The van der Waals surface area contributed by atoms with Crippen LogP contribution in [0.2, 0.25) is 0 Å². The number of hydrogen-bond acceptors (Lipinski definition) is 5. The molecule has 0 radical (unpaired) electrons. The molecule has 22 heavy (non-hydrogen) atoms. The zero-order chi connectivity index (χ0) is 17.3. The summed E-state index contributed by atoms with van der Waals surface area (Å²) in [7, 11) is 1.26. The minimum Gasteiger partial charge on any atom is -0.467 e. The van der Waals surface area contributed by atoms with E-state index in [0.29, 0.717) is 0 Å². The molecule has 0 aliphatic rings. The summed E-state index contributed by atoms with van der Waals surface area (Å²) >= 11 is 0. The SMILES string of the molecule is C=CCC[C@@H](C)O[C@@H](C)[C@@H](NC(=O)OC(C)(C)C)C(=O)OC. The normalized spacial score (nSPS) is 15.4. The number of allylic oxidation sites excluding steroid dienone is 1. The maximum Gasteiger partial charge on any atom is 0.408 e. The van der Waals surface area contributed by atoms with E-state index in [4.69, 9.17) is 14.2 Å². The molecule has 0 fully saturated rings. The highest BCUT2D eigenvalue weighted by molar-refractivity contribution is 5.82. The van der Waals surface area contributed by atoms with Gasteiger partial charge < -0.3 is 19.5 Å². The molecule has 0 rings (SSSR count). The van der Waals surface area contributed by atoms with Gasteiger partial charge in [0.2, 0.25) is 0 Å². The van der Waals surface area contributed by atoms with Gasteiger partial charge in [-0.2, -0.15) is 0 Å². The smallest absolute Gasteiger partial charge is 0.408 e. The first-order valence-corrected chi connectivity index (χ1v) is 7.44. The predicted molar refractivity (Wildman–Crippen MR) is 84.6 cm³/mol. The third kappa shape index (κ3) is 8.67. The first-order valence-electron chi connectivity index (χ1n) is 7.44. The molecule has 128 valence electrons. The number of hydrogen-bond donors (Lipinski definition) is 1. The highest BCUT2D eigenvalue weighted by Gasteiger charge is 2.31. The van der Waals surface area contributed by atoms with Gasteiger partial charge in [0, 0.05) is 0 Å². The number of amides is 1. The van der Waals surface area contributed by atoms with Crippen molar-refractivity contribution in [2.45, 2.75) is 71.3 Å². The van der Waals surface area contributed by atoms with Gasteiger partial charge in [-0.25, -0.2) is 9.59 Å². The van der Waals surface area contributed by atoms with E-state index in [0.717, 1.165) is 12.8 Å². The molecule has 6 nitrogen and oxygen atoms in total. The fourth-order valence-electron chi connectivity index (χ4n) is 1.80. The van der Waals surface area contributed by atoms with Gasteiger partial charge in [0.25, 0.3) is 0 Å². The molecule has 0 bridgehead atoms. The van der Waals surface area contributed by atoms with Crippen molar-refractivity contribution >= 4 is 12.1 Å². The topological polar surface area (TPSA) is 73.9 Å². The number of alkyl carbamates (subject to hydrolysis) is 1. The first kappa shape index (κ1) is 20.4. The van der Waals surface area contributed by atoms with Gasteiger partial charge in [-0.15, -0.1) is 6.58 Å². The van der Waals surface area contributed by atoms with Crippen molar-refractivity contribution in [1.29, 1.82) is 0 Å². The number of carbonyl (C=O) groups is 2. The monoisotopic (exact) mass is 315 g/mol. The van der Waals surface area contributed by atoms with Crippen LogP contribution in [0.3, 0.4) is 0 Å². The fraction of sp³-hybridized carbons (Fsp3) is 0.750. The summed E-state index contributed by atoms with van der Waals surface area (Å²) in [6.45, 7) is 12.5. The molecule has 0 aromatic carbocycles. The zero-order valence-corrected chi connectivity index (χ0v) is 14.5. The molecule has 0 unspecified atom stereocenters. The molecular formula is C16H29NO5. The highest BCUT2D eigenvalue weighted by Crippen LogP contribution is 2.11. The third-order valence-electron chi connectivity index (χ3n) is 2.82. The Morgan fingerprint density at radius 3 is 2.32 bits per heavy atom. The van der Waals surface area contributed by atoms with Crippen molar-refractivity contribution in [2.75, 3.05) is 7.11 Å². The van der Waals surface area contributed by atoms with Crippen LogP contribution in [0, 0.1) is 0 Å². The molecule has 3 atom stereocenters. The molecule has 0 spiro atoms. The summed E-state index contributed by atoms with van der Waals surface area (Å²) in [5.74, 6) is -0.575. The van der Waals surface area contributed by atoms with Crippen molar-refractivity contribution in [3.63, 3.8) is 0 Å². The van der Waals surface area contributed by atoms with Crippen molar-refractivity contribution in [2.24, 2.45) is 0 Å². The summed E-state index contributed by atoms with van der Waals surface area (Å²) in [4.78, 5) is 23.7. The molecule has 0 aliphatic heterocycles. The lowest BCUT2D eigenvalue weighted by Gasteiger charge is -2.27. The Labute approximate surface area is 133 Å². The van der Waals surface area contributed by atoms with Crippen molar-refractivity contribution in [3.05, 3.63) is 12.7 Å². The second-order valence-corrected chi connectivity index (χ2v) is 6.16. The molecule has 1 N–H and O–H groups in total. The van der Waals surface area contributed by atoms with Gasteiger partial charge in [0.05, 0.1) is 19.3 Å². The quantitative estimate of drug-likeness (QED) is 0.551. The minimum absolute atomic E-state index is 0.0689. The van der Waals surface area contributed by atoms with E-state index in [1.807, 2.05) is 6.92 Å². The Morgan fingerprint density at radius 2 is 1.86 bits per heavy atom.